The highest BCUT2D eigenvalue weighted by Crippen LogP contribution is 2.23. The summed E-state index contributed by atoms with van der Waals surface area (Å²) in [6, 6.07) is 7.09. The van der Waals surface area contributed by atoms with E-state index in [1.807, 2.05) is 0 Å². The van der Waals surface area contributed by atoms with Crippen molar-refractivity contribution in [1.29, 1.82) is 0 Å². The van der Waals surface area contributed by atoms with E-state index in [0.29, 0.717) is 37.2 Å². The number of ether oxygens (including phenoxy) is 1. The van der Waals surface area contributed by atoms with Crippen LogP contribution in [0.1, 0.15) is 23.2 Å². The van der Waals surface area contributed by atoms with Gasteiger partial charge in [-0.3, -0.25) is 4.79 Å². The topological polar surface area (TPSA) is 66.8 Å². The molecule has 1 aliphatic rings. The Morgan fingerprint density at radius 3 is 2.58 bits per heavy atom. The first-order valence-corrected chi connectivity index (χ1v) is 6.28. The van der Waals surface area contributed by atoms with E-state index in [2.05, 4.69) is 0 Å². The number of piperidine rings is 1. The van der Waals surface area contributed by atoms with Gasteiger partial charge in [-0.15, -0.1) is 0 Å². The fourth-order valence-electron chi connectivity index (χ4n) is 2.35. The third kappa shape index (κ3) is 3.05. The Kier molecular flexibility index (Phi) is 4.04. The molecule has 1 aromatic rings. The number of hydrogen-bond donors (Lipinski definition) is 1. The van der Waals surface area contributed by atoms with Crippen LogP contribution in [0.25, 0.3) is 0 Å². The van der Waals surface area contributed by atoms with Crippen LogP contribution in [-0.2, 0) is 0 Å². The Labute approximate surface area is 111 Å². The molecule has 0 aliphatic carbocycles. The lowest BCUT2D eigenvalue weighted by atomic mass is 9.89. The summed E-state index contributed by atoms with van der Waals surface area (Å²) >= 11 is 0. The van der Waals surface area contributed by atoms with Crippen LogP contribution >= 0.6 is 0 Å². The lowest BCUT2D eigenvalue weighted by Gasteiger charge is -2.29. The molecule has 1 aromatic carbocycles. The average molecular weight is 263 g/mol. The maximum atomic E-state index is 12.3. The van der Waals surface area contributed by atoms with E-state index in [0.717, 1.165) is 0 Å². The van der Waals surface area contributed by atoms with Crippen molar-refractivity contribution in [3.63, 3.8) is 0 Å². The van der Waals surface area contributed by atoms with Gasteiger partial charge in [-0.25, -0.2) is 4.79 Å². The van der Waals surface area contributed by atoms with E-state index < -0.39 is 6.09 Å². The summed E-state index contributed by atoms with van der Waals surface area (Å²) in [5.74, 6) is 0.639. The molecule has 0 unspecified atom stereocenters. The number of benzene rings is 1. The zero-order chi connectivity index (χ0) is 13.8. The minimum atomic E-state index is -0.910. The number of amides is 1. The van der Waals surface area contributed by atoms with E-state index in [-0.39, 0.29) is 11.7 Å². The van der Waals surface area contributed by atoms with Crippen LogP contribution in [0, 0.1) is 5.92 Å². The van der Waals surface area contributed by atoms with Crippen molar-refractivity contribution in [1.82, 2.24) is 4.90 Å². The number of likely N-dealkylation sites (tertiary alicyclic amines) is 1. The Morgan fingerprint density at radius 2 is 2.00 bits per heavy atom. The Hall–Kier alpha value is -2.04. The number of Topliss-reactive ketones (excluding diaryl/α,β-unsaturated/α-hetero) is 1. The first-order valence-electron chi connectivity index (χ1n) is 6.28. The number of nitrogens with zero attached hydrogens (tertiary/aromatic N) is 1. The van der Waals surface area contributed by atoms with Crippen molar-refractivity contribution < 1.29 is 19.4 Å². The highest BCUT2D eigenvalue weighted by atomic mass is 16.5. The molecule has 19 heavy (non-hydrogen) atoms. The highest BCUT2D eigenvalue weighted by molar-refractivity contribution is 5.98. The molecule has 102 valence electrons. The fourth-order valence-corrected chi connectivity index (χ4v) is 2.35. The van der Waals surface area contributed by atoms with Gasteiger partial charge in [-0.2, -0.15) is 0 Å². The van der Waals surface area contributed by atoms with Crippen molar-refractivity contribution in [2.75, 3.05) is 20.2 Å². The molecule has 0 saturated carbocycles. The molecule has 1 saturated heterocycles. The lowest BCUT2D eigenvalue weighted by Crippen LogP contribution is -2.39. The van der Waals surface area contributed by atoms with Crippen LogP contribution in [0.4, 0.5) is 4.79 Å². The number of methoxy groups -OCH3 is 1. The summed E-state index contributed by atoms with van der Waals surface area (Å²) in [7, 11) is 1.56. The molecule has 1 fully saturated rings. The minimum Gasteiger partial charge on any atom is -0.497 e. The molecule has 5 nitrogen and oxygen atoms in total. The first-order chi connectivity index (χ1) is 9.11. The maximum Gasteiger partial charge on any atom is 0.407 e. The average Bonchev–Trinajstić information content (AvgIpc) is 2.46. The van der Waals surface area contributed by atoms with E-state index in [1.54, 1.807) is 31.4 Å². The van der Waals surface area contributed by atoms with Gasteiger partial charge >= 0.3 is 6.09 Å². The molecule has 1 heterocycles. The molecule has 0 atom stereocenters. The summed E-state index contributed by atoms with van der Waals surface area (Å²) in [5.41, 5.74) is 0.633. The molecule has 1 N–H and O–H groups in total. The second-order valence-corrected chi connectivity index (χ2v) is 4.64. The predicted octanol–water partition coefficient (Wildman–Crippen LogP) is 2.27. The van der Waals surface area contributed by atoms with Crippen LogP contribution in [0.3, 0.4) is 0 Å². The Bertz CT molecular complexity index is 478. The number of ketones is 1. The molecular weight excluding hydrogens is 246 g/mol. The SMILES string of the molecule is COc1cccc(C(=O)C2CCN(C(=O)O)CC2)c1. The lowest BCUT2D eigenvalue weighted by molar-refractivity contribution is 0.0821. The number of carboxylic acid groups (broad SMARTS) is 1. The molecule has 1 aliphatic heterocycles. The van der Waals surface area contributed by atoms with Crippen LogP contribution in [0.15, 0.2) is 24.3 Å². The third-order valence-electron chi connectivity index (χ3n) is 3.49. The second-order valence-electron chi connectivity index (χ2n) is 4.64. The van der Waals surface area contributed by atoms with E-state index in [4.69, 9.17) is 9.84 Å². The smallest absolute Gasteiger partial charge is 0.407 e. The van der Waals surface area contributed by atoms with Gasteiger partial charge in [0.1, 0.15) is 5.75 Å². The fraction of sp³-hybridized carbons (Fsp3) is 0.429. The minimum absolute atomic E-state index is 0.0731. The second kappa shape index (κ2) is 5.73. The van der Waals surface area contributed by atoms with Crippen molar-refractivity contribution >= 4 is 11.9 Å². The molecule has 5 heteroatoms. The van der Waals surface area contributed by atoms with E-state index >= 15 is 0 Å². The van der Waals surface area contributed by atoms with Gasteiger partial charge in [-0.05, 0) is 25.0 Å². The standard InChI is InChI=1S/C14H17NO4/c1-19-12-4-2-3-11(9-12)13(16)10-5-7-15(8-6-10)14(17)18/h2-4,9-10H,5-8H2,1H3,(H,17,18). The number of carbonyl (C=O) groups excluding carboxylic acids is 1. The van der Waals surface area contributed by atoms with Crippen LogP contribution in [-0.4, -0.2) is 42.1 Å². The Morgan fingerprint density at radius 1 is 1.32 bits per heavy atom. The third-order valence-corrected chi connectivity index (χ3v) is 3.49. The highest BCUT2D eigenvalue weighted by Gasteiger charge is 2.27. The predicted molar refractivity (Wildman–Crippen MR) is 69.6 cm³/mol. The monoisotopic (exact) mass is 263 g/mol. The van der Waals surface area contributed by atoms with Crippen molar-refractivity contribution in [3.05, 3.63) is 29.8 Å². The van der Waals surface area contributed by atoms with Gasteiger partial charge in [0.15, 0.2) is 5.78 Å². The van der Waals surface area contributed by atoms with E-state index in [9.17, 15) is 9.59 Å². The first kappa shape index (κ1) is 13.4. The molecule has 0 radical (unpaired) electrons. The van der Waals surface area contributed by atoms with E-state index in [1.165, 1.54) is 4.90 Å². The summed E-state index contributed by atoms with van der Waals surface area (Å²) in [4.78, 5) is 24.5. The summed E-state index contributed by atoms with van der Waals surface area (Å²) in [6.45, 7) is 0.853. The molecule has 0 bridgehead atoms. The summed E-state index contributed by atoms with van der Waals surface area (Å²) in [5, 5.41) is 8.87. The molecule has 2 rings (SSSR count). The van der Waals surface area contributed by atoms with Crippen molar-refractivity contribution in [2.45, 2.75) is 12.8 Å². The molecular formula is C14H17NO4. The largest absolute Gasteiger partial charge is 0.497 e. The van der Waals surface area contributed by atoms with Gasteiger partial charge in [0, 0.05) is 24.6 Å². The van der Waals surface area contributed by atoms with Gasteiger partial charge in [0.2, 0.25) is 0 Å². The van der Waals surface area contributed by atoms with Gasteiger partial charge in [0.05, 0.1) is 7.11 Å². The van der Waals surface area contributed by atoms with Gasteiger partial charge < -0.3 is 14.7 Å². The molecule has 1 amide bonds. The summed E-state index contributed by atoms with van der Waals surface area (Å²) < 4.78 is 5.10. The number of carbonyl (C=O) groups is 2. The van der Waals surface area contributed by atoms with Gasteiger partial charge in [-0.1, -0.05) is 12.1 Å². The maximum absolute atomic E-state index is 12.3. The van der Waals surface area contributed by atoms with Gasteiger partial charge in [0.25, 0.3) is 0 Å². The quantitative estimate of drug-likeness (QED) is 0.849. The van der Waals surface area contributed by atoms with Crippen LogP contribution < -0.4 is 4.74 Å². The van der Waals surface area contributed by atoms with Crippen molar-refractivity contribution in [3.8, 4) is 5.75 Å². The zero-order valence-electron chi connectivity index (χ0n) is 10.8. The summed E-state index contributed by atoms with van der Waals surface area (Å²) in [6.07, 6.45) is 0.261. The van der Waals surface area contributed by atoms with Crippen LogP contribution in [0.2, 0.25) is 0 Å². The molecule has 0 aromatic heterocycles. The molecule has 0 spiro atoms. The zero-order valence-corrected chi connectivity index (χ0v) is 10.8. The Balaban J connectivity index is 2.02. The van der Waals surface area contributed by atoms with Crippen molar-refractivity contribution in [2.24, 2.45) is 5.92 Å². The van der Waals surface area contributed by atoms with Crippen LogP contribution in [0.5, 0.6) is 5.75 Å². The normalized spacial score (nSPS) is 16.2. The number of hydrogen-bond acceptors (Lipinski definition) is 3. The number of rotatable bonds is 3.